The molecule has 0 atom stereocenters. The van der Waals surface area contributed by atoms with E-state index in [-0.39, 0.29) is 5.91 Å². The average Bonchev–Trinajstić information content (AvgIpc) is 2.77. The maximum Gasteiger partial charge on any atom is 0.240 e. The van der Waals surface area contributed by atoms with Crippen molar-refractivity contribution < 1.29 is 19.0 Å². The van der Waals surface area contributed by atoms with Gasteiger partial charge < -0.3 is 14.2 Å². The molecule has 0 fully saturated rings. The molecule has 1 aliphatic rings. The first kappa shape index (κ1) is 20.7. The molecule has 1 aliphatic carbocycles. The maximum atomic E-state index is 12.2. The molecule has 1 N–H and O–H groups in total. The van der Waals surface area contributed by atoms with E-state index >= 15 is 0 Å². The van der Waals surface area contributed by atoms with Gasteiger partial charge in [0, 0.05) is 12.0 Å². The van der Waals surface area contributed by atoms with Gasteiger partial charge >= 0.3 is 0 Å². The van der Waals surface area contributed by atoms with Crippen LogP contribution in [-0.2, 0) is 17.6 Å². The molecule has 29 heavy (non-hydrogen) atoms. The van der Waals surface area contributed by atoms with E-state index in [4.69, 9.17) is 14.2 Å². The average molecular weight is 396 g/mol. The van der Waals surface area contributed by atoms with E-state index in [1.807, 2.05) is 36.4 Å². The number of ether oxygens (including phenoxy) is 3. The lowest BCUT2D eigenvalue weighted by Crippen LogP contribution is -2.22. The van der Waals surface area contributed by atoms with Gasteiger partial charge in [-0.3, -0.25) is 4.79 Å². The molecule has 154 valence electrons. The summed E-state index contributed by atoms with van der Waals surface area (Å²) >= 11 is 0. The van der Waals surface area contributed by atoms with Crippen LogP contribution in [0.1, 0.15) is 42.4 Å². The van der Waals surface area contributed by atoms with Crippen molar-refractivity contribution >= 4 is 11.6 Å². The molecular formula is C23H28N2O4. The minimum absolute atomic E-state index is 0.0707. The summed E-state index contributed by atoms with van der Waals surface area (Å²) in [5.41, 5.74) is 6.98. The SMILES string of the molecule is COc1ccc(CCCC(=O)N/N=C2\CCCc3cc(OC)c(OC)cc32)cc1. The number of carbonyl (C=O) groups excluding carboxylic acids is 1. The molecule has 0 spiro atoms. The van der Waals surface area contributed by atoms with Crippen LogP contribution in [0.2, 0.25) is 0 Å². The fraction of sp³-hybridized carbons (Fsp3) is 0.391. The Morgan fingerprint density at radius 1 is 1.00 bits per heavy atom. The minimum atomic E-state index is -0.0707. The predicted octanol–water partition coefficient (Wildman–Crippen LogP) is 3.89. The molecule has 6 heteroatoms. The summed E-state index contributed by atoms with van der Waals surface area (Å²) in [7, 11) is 4.90. The number of aryl methyl sites for hydroxylation is 2. The molecule has 6 nitrogen and oxygen atoms in total. The number of carbonyl (C=O) groups is 1. The lowest BCUT2D eigenvalue weighted by molar-refractivity contribution is -0.121. The van der Waals surface area contributed by atoms with Crippen LogP contribution < -0.4 is 19.6 Å². The quantitative estimate of drug-likeness (QED) is 0.688. The Bertz CT molecular complexity index is 875. The van der Waals surface area contributed by atoms with E-state index in [2.05, 4.69) is 10.5 Å². The molecule has 3 rings (SSSR count). The number of amides is 1. The molecule has 0 saturated heterocycles. The Morgan fingerprint density at radius 2 is 1.72 bits per heavy atom. The third-order valence-electron chi connectivity index (χ3n) is 5.12. The van der Waals surface area contributed by atoms with Crippen molar-refractivity contribution in [3.63, 3.8) is 0 Å². The zero-order valence-electron chi connectivity index (χ0n) is 17.3. The van der Waals surface area contributed by atoms with Gasteiger partial charge in [0.25, 0.3) is 0 Å². The normalized spacial score (nSPS) is 14.2. The molecule has 0 aliphatic heterocycles. The molecule has 0 unspecified atom stereocenters. The molecule has 0 aromatic heterocycles. The molecular weight excluding hydrogens is 368 g/mol. The van der Waals surface area contributed by atoms with Crippen molar-refractivity contribution in [2.45, 2.75) is 38.5 Å². The summed E-state index contributed by atoms with van der Waals surface area (Å²) in [5, 5.41) is 4.41. The first-order chi connectivity index (χ1) is 14.1. The van der Waals surface area contributed by atoms with Gasteiger partial charge in [-0.05, 0) is 67.5 Å². The van der Waals surface area contributed by atoms with Crippen molar-refractivity contribution in [3.8, 4) is 17.2 Å². The van der Waals surface area contributed by atoms with Gasteiger partial charge in [0.1, 0.15) is 5.75 Å². The lowest BCUT2D eigenvalue weighted by Gasteiger charge is -2.20. The van der Waals surface area contributed by atoms with Crippen LogP contribution in [0, 0.1) is 0 Å². The number of hydrazone groups is 1. The Hall–Kier alpha value is -3.02. The van der Waals surface area contributed by atoms with Crippen LogP contribution in [0.4, 0.5) is 0 Å². The number of hydrogen-bond acceptors (Lipinski definition) is 5. The van der Waals surface area contributed by atoms with Crippen LogP contribution >= 0.6 is 0 Å². The first-order valence-corrected chi connectivity index (χ1v) is 9.88. The van der Waals surface area contributed by atoms with Crippen LogP contribution in [0.5, 0.6) is 17.2 Å². The number of hydrogen-bond donors (Lipinski definition) is 1. The van der Waals surface area contributed by atoms with Gasteiger partial charge in [0.05, 0.1) is 27.0 Å². The Labute approximate surface area is 171 Å². The number of nitrogens with one attached hydrogen (secondary N) is 1. The molecule has 1 amide bonds. The summed E-state index contributed by atoms with van der Waals surface area (Å²) < 4.78 is 16.0. The van der Waals surface area contributed by atoms with Crippen molar-refractivity contribution in [2.24, 2.45) is 5.10 Å². The highest BCUT2D eigenvalue weighted by Gasteiger charge is 2.19. The topological polar surface area (TPSA) is 69.2 Å². The van der Waals surface area contributed by atoms with E-state index < -0.39 is 0 Å². The van der Waals surface area contributed by atoms with Crippen molar-refractivity contribution in [2.75, 3.05) is 21.3 Å². The molecule has 0 heterocycles. The first-order valence-electron chi connectivity index (χ1n) is 9.88. The number of benzene rings is 2. The van der Waals surface area contributed by atoms with E-state index in [1.165, 1.54) is 11.1 Å². The van der Waals surface area contributed by atoms with E-state index in [1.54, 1.807) is 21.3 Å². The molecule has 2 aromatic carbocycles. The highest BCUT2D eigenvalue weighted by molar-refractivity contribution is 6.03. The summed E-state index contributed by atoms with van der Waals surface area (Å²) in [6, 6.07) is 11.9. The Morgan fingerprint density at radius 3 is 2.41 bits per heavy atom. The Balaban J connectivity index is 1.58. The molecule has 0 saturated carbocycles. The fourth-order valence-electron chi connectivity index (χ4n) is 3.52. The second-order valence-corrected chi connectivity index (χ2v) is 7.01. The van der Waals surface area contributed by atoms with Crippen LogP contribution in [0.25, 0.3) is 0 Å². The number of fused-ring (bicyclic) bond motifs is 1. The van der Waals surface area contributed by atoms with Crippen molar-refractivity contribution in [1.29, 1.82) is 0 Å². The summed E-state index contributed by atoms with van der Waals surface area (Å²) in [6.07, 6.45) is 4.83. The van der Waals surface area contributed by atoms with Gasteiger partial charge in [-0.15, -0.1) is 0 Å². The monoisotopic (exact) mass is 396 g/mol. The van der Waals surface area contributed by atoms with Gasteiger partial charge in [-0.1, -0.05) is 12.1 Å². The lowest BCUT2D eigenvalue weighted by atomic mass is 9.89. The zero-order valence-corrected chi connectivity index (χ0v) is 17.3. The molecule has 0 bridgehead atoms. The highest BCUT2D eigenvalue weighted by atomic mass is 16.5. The standard InChI is InChI=1S/C23H28N2O4/c1-27-18-12-10-16(11-13-18)6-4-9-23(26)25-24-20-8-5-7-17-14-21(28-2)22(29-3)15-19(17)20/h10-15H,4-9H2,1-3H3,(H,25,26)/b24-20+. The summed E-state index contributed by atoms with van der Waals surface area (Å²) in [5.74, 6) is 2.16. The third-order valence-corrected chi connectivity index (χ3v) is 5.12. The van der Waals surface area contributed by atoms with Gasteiger partial charge in [0.15, 0.2) is 11.5 Å². The summed E-state index contributed by atoms with van der Waals surface area (Å²) in [6.45, 7) is 0. The third kappa shape index (κ3) is 5.28. The summed E-state index contributed by atoms with van der Waals surface area (Å²) in [4.78, 5) is 12.2. The van der Waals surface area contributed by atoms with E-state index in [9.17, 15) is 4.79 Å². The number of rotatable bonds is 8. The minimum Gasteiger partial charge on any atom is -0.497 e. The predicted molar refractivity (Wildman–Crippen MR) is 113 cm³/mol. The highest BCUT2D eigenvalue weighted by Crippen LogP contribution is 2.34. The van der Waals surface area contributed by atoms with Gasteiger partial charge in [-0.25, -0.2) is 5.43 Å². The smallest absolute Gasteiger partial charge is 0.240 e. The largest absolute Gasteiger partial charge is 0.497 e. The molecule has 0 radical (unpaired) electrons. The molecule has 2 aromatic rings. The second-order valence-electron chi connectivity index (χ2n) is 7.01. The van der Waals surface area contributed by atoms with E-state index in [0.717, 1.165) is 54.9 Å². The van der Waals surface area contributed by atoms with Gasteiger partial charge in [0.2, 0.25) is 5.91 Å². The zero-order chi connectivity index (χ0) is 20.6. The fourth-order valence-corrected chi connectivity index (χ4v) is 3.52. The van der Waals surface area contributed by atoms with Gasteiger partial charge in [-0.2, -0.15) is 5.10 Å². The van der Waals surface area contributed by atoms with Crippen molar-refractivity contribution in [3.05, 3.63) is 53.1 Å². The number of methoxy groups -OCH3 is 3. The second kappa shape index (κ2) is 9.96. The maximum absolute atomic E-state index is 12.2. The van der Waals surface area contributed by atoms with Crippen molar-refractivity contribution in [1.82, 2.24) is 5.43 Å². The Kier molecular flexibility index (Phi) is 7.11. The van der Waals surface area contributed by atoms with Crippen LogP contribution in [-0.4, -0.2) is 32.9 Å². The van der Waals surface area contributed by atoms with Crippen LogP contribution in [0.15, 0.2) is 41.5 Å². The number of nitrogens with zero attached hydrogens (tertiary/aromatic N) is 1. The van der Waals surface area contributed by atoms with E-state index in [0.29, 0.717) is 12.2 Å². The van der Waals surface area contributed by atoms with Crippen LogP contribution in [0.3, 0.4) is 0 Å².